The van der Waals surface area contributed by atoms with E-state index < -0.39 is 42.9 Å². The van der Waals surface area contributed by atoms with Crippen molar-refractivity contribution in [3.8, 4) is 0 Å². The molecule has 1 aromatic heterocycles. The molecule has 0 spiro atoms. The molecule has 0 amide bonds. The fraction of sp³-hybridized carbons (Fsp3) is 0.412. The van der Waals surface area contributed by atoms with E-state index in [1.54, 1.807) is 12.1 Å². The number of ether oxygens (including phenoxy) is 1. The number of carbonyl (C=O) groups is 1. The van der Waals surface area contributed by atoms with E-state index in [1.165, 1.54) is 13.0 Å². The van der Waals surface area contributed by atoms with Crippen LogP contribution in [0.15, 0.2) is 33.5 Å². The summed E-state index contributed by atoms with van der Waals surface area (Å²) in [4.78, 5) is 23.3. The van der Waals surface area contributed by atoms with Crippen LogP contribution in [0.4, 0.5) is 5.69 Å². The topological polar surface area (TPSA) is 149 Å². The van der Waals surface area contributed by atoms with Crippen LogP contribution in [0.3, 0.4) is 0 Å². The third-order valence-corrected chi connectivity index (χ3v) is 4.36. The quantitative estimate of drug-likeness (QED) is 0.347. The first-order valence-corrected chi connectivity index (χ1v) is 7.97. The Bertz CT molecular complexity index is 879. The minimum absolute atomic E-state index is 0.155. The van der Waals surface area contributed by atoms with Crippen LogP contribution in [0.25, 0.3) is 11.0 Å². The van der Waals surface area contributed by atoms with Crippen molar-refractivity contribution >= 4 is 22.4 Å². The second kappa shape index (κ2) is 7.14. The van der Waals surface area contributed by atoms with Crippen molar-refractivity contribution in [1.82, 2.24) is 0 Å². The normalized spacial score (nSPS) is 28.9. The van der Waals surface area contributed by atoms with Crippen LogP contribution >= 0.6 is 0 Å². The molecule has 0 radical (unpaired) electrons. The van der Waals surface area contributed by atoms with E-state index in [0.29, 0.717) is 11.1 Å². The zero-order valence-corrected chi connectivity index (χ0v) is 13.8. The number of benzene rings is 1. The summed E-state index contributed by atoms with van der Waals surface area (Å²) in [6, 6.07) is 4.59. The number of ketones is 1. The molecule has 0 saturated carbocycles. The summed E-state index contributed by atoms with van der Waals surface area (Å²) in [5, 5.41) is 42.4. The maximum Gasteiger partial charge on any atom is 0.336 e. The van der Waals surface area contributed by atoms with Gasteiger partial charge in [-0.2, -0.15) is 0 Å². The average molecular weight is 365 g/mol. The zero-order valence-electron chi connectivity index (χ0n) is 13.8. The number of hydrogen-bond acceptors (Lipinski definition) is 9. The van der Waals surface area contributed by atoms with Gasteiger partial charge < -0.3 is 34.9 Å². The third kappa shape index (κ3) is 3.35. The first-order valence-electron chi connectivity index (χ1n) is 7.97. The van der Waals surface area contributed by atoms with E-state index in [1.807, 2.05) is 0 Å². The number of carbonyl (C=O) groups excluding carboxylic acids is 1. The molecule has 2 aromatic rings. The minimum atomic E-state index is -1.49. The molecule has 0 bridgehead atoms. The van der Waals surface area contributed by atoms with Gasteiger partial charge in [-0.05, 0) is 19.1 Å². The van der Waals surface area contributed by atoms with Gasteiger partial charge in [0.2, 0.25) is 0 Å². The largest absolute Gasteiger partial charge is 0.423 e. The Morgan fingerprint density at radius 1 is 1.19 bits per heavy atom. The summed E-state index contributed by atoms with van der Waals surface area (Å²) in [5.74, 6) is -0.284. The van der Waals surface area contributed by atoms with E-state index >= 15 is 0 Å². The van der Waals surface area contributed by atoms with Crippen molar-refractivity contribution in [2.24, 2.45) is 0 Å². The van der Waals surface area contributed by atoms with Crippen LogP contribution in [0, 0.1) is 0 Å². The molecule has 2 heterocycles. The van der Waals surface area contributed by atoms with Gasteiger partial charge in [0.15, 0.2) is 12.1 Å². The number of aliphatic hydroxyl groups excluding tert-OH is 4. The van der Waals surface area contributed by atoms with E-state index in [9.17, 15) is 24.9 Å². The van der Waals surface area contributed by atoms with Gasteiger partial charge in [0.05, 0.1) is 6.61 Å². The summed E-state index contributed by atoms with van der Waals surface area (Å²) in [6.07, 6.45) is -5.41. The fourth-order valence-corrected chi connectivity index (χ4v) is 2.99. The lowest BCUT2D eigenvalue weighted by Crippen LogP contribution is -2.61. The summed E-state index contributed by atoms with van der Waals surface area (Å²) >= 11 is 0. The Morgan fingerprint density at radius 3 is 2.58 bits per heavy atom. The van der Waals surface area contributed by atoms with Gasteiger partial charge in [-0.3, -0.25) is 4.79 Å². The van der Waals surface area contributed by atoms with Gasteiger partial charge in [-0.25, -0.2) is 4.79 Å². The van der Waals surface area contributed by atoms with Crippen molar-refractivity contribution in [2.75, 3.05) is 11.9 Å². The highest BCUT2D eigenvalue weighted by Gasteiger charge is 2.43. The molecule has 5 atom stereocenters. The van der Waals surface area contributed by atoms with Crippen molar-refractivity contribution in [1.29, 1.82) is 0 Å². The Hall–Kier alpha value is -2.30. The molecule has 140 valence electrons. The molecule has 5 N–H and O–H groups in total. The second-order valence-corrected chi connectivity index (χ2v) is 6.15. The molecule has 3 rings (SSSR count). The van der Waals surface area contributed by atoms with Crippen molar-refractivity contribution in [3.05, 3.63) is 40.2 Å². The summed E-state index contributed by atoms with van der Waals surface area (Å²) in [6.45, 7) is 0.780. The van der Waals surface area contributed by atoms with Crippen LogP contribution in [0.2, 0.25) is 0 Å². The molecular formula is C17H19NO8. The Kier molecular flexibility index (Phi) is 5.08. The molecular weight excluding hydrogens is 346 g/mol. The van der Waals surface area contributed by atoms with Gasteiger partial charge in [-0.15, -0.1) is 0 Å². The predicted octanol–water partition coefficient (Wildman–Crippen LogP) is -0.793. The third-order valence-electron chi connectivity index (χ3n) is 4.36. The van der Waals surface area contributed by atoms with Crippen molar-refractivity contribution in [2.45, 2.75) is 37.6 Å². The highest BCUT2D eigenvalue weighted by molar-refractivity contribution is 6.05. The lowest BCUT2D eigenvalue weighted by molar-refractivity contribution is -0.245. The molecule has 0 aliphatic carbocycles. The predicted molar refractivity (Wildman–Crippen MR) is 89.9 cm³/mol. The van der Waals surface area contributed by atoms with E-state index in [0.717, 1.165) is 6.07 Å². The van der Waals surface area contributed by atoms with Crippen LogP contribution in [-0.4, -0.2) is 63.5 Å². The number of hydrogen-bond donors (Lipinski definition) is 5. The highest BCUT2D eigenvalue weighted by atomic mass is 16.6. The number of fused-ring (bicyclic) bond motifs is 1. The van der Waals surface area contributed by atoms with Crippen LogP contribution in [0.5, 0.6) is 0 Å². The van der Waals surface area contributed by atoms with E-state index in [4.69, 9.17) is 14.3 Å². The molecule has 1 saturated heterocycles. The highest BCUT2D eigenvalue weighted by Crippen LogP contribution is 2.26. The minimum Gasteiger partial charge on any atom is -0.423 e. The number of nitrogens with one attached hydrogen (secondary N) is 1. The summed E-state index contributed by atoms with van der Waals surface area (Å²) < 4.78 is 10.2. The lowest BCUT2D eigenvalue weighted by atomic mass is 9.96. The van der Waals surface area contributed by atoms with Crippen molar-refractivity contribution < 1.29 is 34.4 Å². The number of anilines is 1. The van der Waals surface area contributed by atoms with Gasteiger partial charge in [0, 0.05) is 28.8 Å². The number of rotatable bonds is 4. The molecule has 1 aromatic carbocycles. The zero-order chi connectivity index (χ0) is 19.0. The van der Waals surface area contributed by atoms with Gasteiger partial charge in [0.25, 0.3) is 0 Å². The molecule has 1 fully saturated rings. The smallest absolute Gasteiger partial charge is 0.336 e. The van der Waals surface area contributed by atoms with Crippen LogP contribution < -0.4 is 10.9 Å². The fourth-order valence-electron chi connectivity index (χ4n) is 2.99. The Morgan fingerprint density at radius 2 is 1.92 bits per heavy atom. The average Bonchev–Trinajstić information content (AvgIpc) is 2.60. The summed E-state index contributed by atoms with van der Waals surface area (Å²) in [5.41, 5.74) is 0.0668. The standard InChI is InChI=1S/C17H19NO8/c1-7(20)10-5-13(21)25-11-4-8(2-3-9(10)11)18-14-16(23)15(22)12(6-19)26-17(14)24/h2-5,12,14-19,22-24H,6H2,1H3/t12?,14?,15-,16-,17-/m1/s1. The lowest BCUT2D eigenvalue weighted by Gasteiger charge is -2.40. The Balaban J connectivity index is 1.92. The monoisotopic (exact) mass is 365 g/mol. The molecule has 26 heavy (non-hydrogen) atoms. The first kappa shape index (κ1) is 18.5. The summed E-state index contributed by atoms with van der Waals surface area (Å²) in [7, 11) is 0. The molecule has 9 nitrogen and oxygen atoms in total. The second-order valence-electron chi connectivity index (χ2n) is 6.15. The van der Waals surface area contributed by atoms with Gasteiger partial charge in [0.1, 0.15) is 29.9 Å². The number of aliphatic hydroxyl groups is 4. The molecule has 1 aliphatic heterocycles. The van der Waals surface area contributed by atoms with E-state index in [-0.39, 0.29) is 16.9 Å². The Labute approximate surface area is 147 Å². The molecule has 1 aliphatic rings. The van der Waals surface area contributed by atoms with Gasteiger partial charge >= 0.3 is 5.63 Å². The maximum atomic E-state index is 11.7. The first-order chi connectivity index (χ1) is 12.3. The van der Waals surface area contributed by atoms with Gasteiger partial charge in [-0.1, -0.05) is 0 Å². The van der Waals surface area contributed by atoms with E-state index in [2.05, 4.69) is 5.32 Å². The molecule has 9 heteroatoms. The van der Waals surface area contributed by atoms with Crippen LogP contribution in [0.1, 0.15) is 17.3 Å². The molecule has 2 unspecified atom stereocenters. The SMILES string of the molecule is CC(=O)c1cc(=O)oc2cc(NC3[C@H](O)OC(CO)[C@@H](O)[C@@H]3O)ccc12. The van der Waals surface area contributed by atoms with Crippen molar-refractivity contribution in [3.63, 3.8) is 0 Å². The number of Topliss-reactive ketones (excluding diaryl/α,β-unsaturated/α-hetero) is 1. The maximum absolute atomic E-state index is 11.7. The van der Waals surface area contributed by atoms with Crippen LogP contribution in [-0.2, 0) is 4.74 Å².